The maximum absolute atomic E-state index is 12.9. The molecule has 0 spiro atoms. The fourth-order valence-electron chi connectivity index (χ4n) is 10.3. The van der Waals surface area contributed by atoms with E-state index in [1.165, 1.54) is 225 Å². The lowest BCUT2D eigenvalue weighted by molar-refractivity contribution is -0.167. The summed E-state index contributed by atoms with van der Waals surface area (Å²) in [5, 5.41) is 0. The average molecular weight is 1140 g/mol. The Bertz CT molecular complexity index is 1550. The number of unbranched alkanes of at least 4 members (excludes halogenated alkanes) is 40. The molecule has 0 N–H and O–H groups in total. The highest BCUT2D eigenvalue weighted by Gasteiger charge is 2.19. The monoisotopic (exact) mass is 1140 g/mol. The summed E-state index contributed by atoms with van der Waals surface area (Å²) in [6.45, 7) is 6.53. The van der Waals surface area contributed by atoms with Gasteiger partial charge in [-0.2, -0.15) is 0 Å². The Kier molecular flexibility index (Phi) is 67.2. The Balaban J connectivity index is 4.21. The number of carbonyl (C=O) groups excluding carboxylic acids is 3. The van der Waals surface area contributed by atoms with Crippen LogP contribution in [0.3, 0.4) is 0 Å². The Labute approximate surface area is 509 Å². The molecule has 1 atom stereocenters. The van der Waals surface area contributed by atoms with E-state index in [-0.39, 0.29) is 31.1 Å². The highest BCUT2D eigenvalue weighted by molar-refractivity contribution is 5.71. The van der Waals surface area contributed by atoms with E-state index in [1.807, 2.05) is 0 Å². The Morgan fingerprint density at radius 2 is 0.476 bits per heavy atom. The molecule has 474 valence electrons. The molecule has 0 aromatic carbocycles. The standard InChI is InChI=1S/C76H134O6/c1-4-7-10-13-16-19-22-25-28-30-32-33-34-35-36-37-38-39-40-41-42-43-45-46-48-51-54-57-60-63-66-69-75(78)81-72-73(71-80-74(77)68-65-62-59-56-53-50-27-24-21-18-15-12-9-6-3)82-76(79)70-67-64-61-58-55-52-49-47-44-31-29-26-23-20-17-14-11-8-5-2/h7,10,16-17,19-20,24-29,32-33,73H,4-6,8-9,11-15,18,21-23,30-31,34-72H2,1-3H3/b10-7-,19-16-,20-17-,27-24-,28-25-,29-26-,33-32-. The fraction of sp³-hybridized carbons (Fsp3) is 0.776. The fourth-order valence-corrected chi connectivity index (χ4v) is 10.3. The predicted molar refractivity (Wildman–Crippen MR) is 358 cm³/mol. The van der Waals surface area contributed by atoms with E-state index in [9.17, 15) is 14.4 Å². The molecule has 0 saturated carbocycles. The Morgan fingerprint density at radius 1 is 0.256 bits per heavy atom. The third-order valence-corrected chi connectivity index (χ3v) is 15.6. The number of ether oxygens (including phenoxy) is 3. The molecule has 0 aromatic heterocycles. The lowest BCUT2D eigenvalue weighted by Crippen LogP contribution is -2.30. The summed E-state index contributed by atoms with van der Waals surface area (Å²) in [5.74, 6) is -0.870. The molecule has 6 heteroatoms. The van der Waals surface area contributed by atoms with E-state index in [0.717, 1.165) is 96.3 Å². The van der Waals surface area contributed by atoms with Gasteiger partial charge >= 0.3 is 17.9 Å². The number of hydrogen-bond acceptors (Lipinski definition) is 6. The molecule has 0 saturated heterocycles. The summed E-state index contributed by atoms with van der Waals surface area (Å²) < 4.78 is 17.0. The van der Waals surface area contributed by atoms with Crippen LogP contribution in [0.2, 0.25) is 0 Å². The van der Waals surface area contributed by atoms with Gasteiger partial charge in [-0.15, -0.1) is 0 Å². The van der Waals surface area contributed by atoms with Crippen molar-refractivity contribution in [3.8, 4) is 0 Å². The van der Waals surface area contributed by atoms with Crippen molar-refractivity contribution in [2.75, 3.05) is 13.2 Å². The van der Waals surface area contributed by atoms with Gasteiger partial charge in [0.05, 0.1) is 0 Å². The van der Waals surface area contributed by atoms with Gasteiger partial charge in [-0.3, -0.25) is 14.4 Å². The van der Waals surface area contributed by atoms with Gasteiger partial charge in [0.2, 0.25) is 0 Å². The smallest absolute Gasteiger partial charge is 0.306 e. The minimum atomic E-state index is -0.782. The zero-order chi connectivity index (χ0) is 59.2. The van der Waals surface area contributed by atoms with E-state index in [1.54, 1.807) is 0 Å². The van der Waals surface area contributed by atoms with Gasteiger partial charge in [0.15, 0.2) is 6.10 Å². The second-order valence-electron chi connectivity index (χ2n) is 23.8. The summed E-state index contributed by atoms with van der Waals surface area (Å²) in [6, 6.07) is 0. The second kappa shape index (κ2) is 70.1. The second-order valence-corrected chi connectivity index (χ2v) is 23.8. The van der Waals surface area contributed by atoms with Crippen molar-refractivity contribution in [3.63, 3.8) is 0 Å². The molecule has 0 aromatic rings. The average Bonchev–Trinajstić information content (AvgIpc) is 3.47. The molecule has 0 aliphatic carbocycles. The maximum Gasteiger partial charge on any atom is 0.306 e. The quantitative estimate of drug-likeness (QED) is 0.0261. The van der Waals surface area contributed by atoms with Crippen molar-refractivity contribution < 1.29 is 28.6 Å². The summed E-state index contributed by atoms with van der Waals surface area (Å²) >= 11 is 0. The van der Waals surface area contributed by atoms with Gasteiger partial charge in [-0.05, 0) is 116 Å². The molecule has 0 rings (SSSR count). The molecular weight excluding hydrogens is 1010 g/mol. The van der Waals surface area contributed by atoms with Crippen LogP contribution in [0.4, 0.5) is 0 Å². The van der Waals surface area contributed by atoms with Gasteiger partial charge in [-0.25, -0.2) is 0 Å². The van der Waals surface area contributed by atoms with Crippen LogP contribution < -0.4 is 0 Å². The number of carbonyl (C=O) groups is 3. The first kappa shape index (κ1) is 78.6. The Morgan fingerprint density at radius 3 is 0.780 bits per heavy atom. The predicted octanol–water partition coefficient (Wildman–Crippen LogP) is 24.6. The van der Waals surface area contributed by atoms with E-state index < -0.39 is 6.10 Å². The van der Waals surface area contributed by atoms with Crippen molar-refractivity contribution >= 4 is 17.9 Å². The lowest BCUT2D eigenvalue weighted by atomic mass is 10.0. The van der Waals surface area contributed by atoms with Crippen molar-refractivity contribution in [1.29, 1.82) is 0 Å². The largest absolute Gasteiger partial charge is 0.462 e. The molecule has 0 heterocycles. The molecular formula is C76H134O6. The van der Waals surface area contributed by atoms with Crippen LogP contribution in [0.1, 0.15) is 361 Å². The minimum Gasteiger partial charge on any atom is -0.462 e. The summed E-state index contributed by atoms with van der Waals surface area (Å²) in [4.78, 5) is 38.4. The molecule has 0 radical (unpaired) electrons. The van der Waals surface area contributed by atoms with Crippen LogP contribution in [0.25, 0.3) is 0 Å². The third kappa shape index (κ3) is 67.4. The number of esters is 3. The van der Waals surface area contributed by atoms with Crippen molar-refractivity contribution in [3.05, 3.63) is 85.1 Å². The topological polar surface area (TPSA) is 78.9 Å². The molecule has 0 amide bonds. The molecule has 82 heavy (non-hydrogen) atoms. The van der Waals surface area contributed by atoms with Crippen molar-refractivity contribution in [1.82, 2.24) is 0 Å². The van der Waals surface area contributed by atoms with E-state index in [0.29, 0.717) is 19.3 Å². The number of rotatable bonds is 65. The molecule has 1 unspecified atom stereocenters. The number of hydrogen-bond donors (Lipinski definition) is 0. The van der Waals surface area contributed by atoms with E-state index in [4.69, 9.17) is 14.2 Å². The van der Waals surface area contributed by atoms with Crippen LogP contribution in [0, 0.1) is 0 Å². The van der Waals surface area contributed by atoms with Crippen molar-refractivity contribution in [2.24, 2.45) is 0 Å². The van der Waals surface area contributed by atoms with E-state index >= 15 is 0 Å². The molecule has 0 fully saturated rings. The summed E-state index contributed by atoms with van der Waals surface area (Å²) in [5.41, 5.74) is 0. The SMILES string of the molecule is CC/C=C\C/C=C\C/C=C\C/C=C\CCCCCCCCCCCCCCCCCCCCC(=O)OCC(COC(=O)CCCCCCC/C=C\CCCCCCC)OC(=O)CCCCCCCCCCC/C=C\C/C=C\CCCCC. The van der Waals surface area contributed by atoms with Gasteiger partial charge in [0, 0.05) is 19.3 Å². The first-order valence-corrected chi connectivity index (χ1v) is 35.6. The van der Waals surface area contributed by atoms with Crippen LogP contribution >= 0.6 is 0 Å². The first-order chi connectivity index (χ1) is 40.5. The van der Waals surface area contributed by atoms with Crippen LogP contribution in [-0.2, 0) is 28.6 Å². The normalized spacial score (nSPS) is 12.6. The third-order valence-electron chi connectivity index (χ3n) is 15.6. The molecule has 0 aliphatic heterocycles. The minimum absolute atomic E-state index is 0.0768. The summed E-state index contributed by atoms with van der Waals surface area (Å²) in [7, 11) is 0. The van der Waals surface area contributed by atoms with Gasteiger partial charge in [0.1, 0.15) is 13.2 Å². The van der Waals surface area contributed by atoms with Gasteiger partial charge in [0.25, 0.3) is 0 Å². The zero-order valence-corrected chi connectivity index (χ0v) is 54.5. The van der Waals surface area contributed by atoms with Crippen LogP contribution in [0.5, 0.6) is 0 Å². The summed E-state index contributed by atoms with van der Waals surface area (Å²) in [6.07, 6.45) is 93.3. The highest BCUT2D eigenvalue weighted by Crippen LogP contribution is 2.18. The maximum atomic E-state index is 12.9. The molecule has 0 aliphatic rings. The Hall–Kier alpha value is -3.41. The zero-order valence-electron chi connectivity index (χ0n) is 54.5. The first-order valence-electron chi connectivity index (χ1n) is 35.6. The van der Waals surface area contributed by atoms with Gasteiger partial charge in [-0.1, -0.05) is 311 Å². The lowest BCUT2D eigenvalue weighted by Gasteiger charge is -2.18. The van der Waals surface area contributed by atoms with Crippen molar-refractivity contribution in [2.45, 2.75) is 367 Å². The van der Waals surface area contributed by atoms with E-state index in [2.05, 4.69) is 106 Å². The van der Waals surface area contributed by atoms with Crippen LogP contribution in [0.15, 0.2) is 85.1 Å². The molecule has 6 nitrogen and oxygen atoms in total. The highest BCUT2D eigenvalue weighted by atomic mass is 16.6. The van der Waals surface area contributed by atoms with Crippen LogP contribution in [-0.4, -0.2) is 37.2 Å². The molecule has 0 bridgehead atoms. The van der Waals surface area contributed by atoms with Gasteiger partial charge < -0.3 is 14.2 Å². The number of allylic oxidation sites excluding steroid dienone is 14.